The zero-order valence-corrected chi connectivity index (χ0v) is 17.9. The second kappa shape index (κ2) is 9.42. The van der Waals surface area contributed by atoms with E-state index < -0.39 is 0 Å². The zero-order valence-electron chi connectivity index (χ0n) is 17.9. The van der Waals surface area contributed by atoms with Gasteiger partial charge < -0.3 is 30.3 Å². The second-order valence-corrected chi connectivity index (χ2v) is 7.33. The summed E-state index contributed by atoms with van der Waals surface area (Å²) in [4.78, 5) is 13.4. The van der Waals surface area contributed by atoms with E-state index in [9.17, 15) is 0 Å². The highest BCUT2D eigenvalue weighted by Gasteiger charge is 2.21. The maximum Gasteiger partial charge on any atom is 0.157 e. The highest BCUT2D eigenvalue weighted by molar-refractivity contribution is 5.75. The molecular weight excluding hydrogens is 392 g/mol. The first-order chi connectivity index (χ1) is 15.2. The minimum Gasteiger partial charge on any atom is -0.497 e. The van der Waals surface area contributed by atoms with Crippen LogP contribution in [-0.4, -0.2) is 50.4 Å². The van der Waals surface area contributed by atoms with E-state index in [1.54, 1.807) is 20.5 Å². The van der Waals surface area contributed by atoms with Crippen LogP contribution in [0.3, 0.4) is 0 Å². The van der Waals surface area contributed by atoms with Crippen molar-refractivity contribution in [2.45, 2.75) is 6.54 Å². The van der Waals surface area contributed by atoms with E-state index in [-0.39, 0.29) is 0 Å². The van der Waals surface area contributed by atoms with Gasteiger partial charge in [-0.3, -0.25) is 0 Å². The Balaban J connectivity index is 1.38. The van der Waals surface area contributed by atoms with E-state index in [0.29, 0.717) is 18.1 Å². The SMILES string of the molecule is COc1ccc(CNc2ncnc(N3CCN(c4ccc(OC)cc4)CC3)c2N)cc1. The molecule has 0 aliphatic carbocycles. The van der Waals surface area contributed by atoms with Crippen LogP contribution >= 0.6 is 0 Å². The van der Waals surface area contributed by atoms with Gasteiger partial charge in [0.05, 0.1) is 14.2 Å². The van der Waals surface area contributed by atoms with Gasteiger partial charge in [0, 0.05) is 38.4 Å². The van der Waals surface area contributed by atoms with Crippen molar-refractivity contribution >= 4 is 23.0 Å². The number of piperazine rings is 1. The molecule has 31 heavy (non-hydrogen) atoms. The van der Waals surface area contributed by atoms with Crippen LogP contribution in [0.15, 0.2) is 54.9 Å². The summed E-state index contributed by atoms with van der Waals surface area (Å²) in [6.07, 6.45) is 1.57. The molecule has 1 aromatic heterocycles. The molecule has 0 atom stereocenters. The van der Waals surface area contributed by atoms with Crippen molar-refractivity contribution in [2.75, 3.05) is 61.2 Å². The molecule has 162 valence electrons. The van der Waals surface area contributed by atoms with Crippen molar-refractivity contribution in [3.05, 3.63) is 60.4 Å². The monoisotopic (exact) mass is 420 g/mol. The Morgan fingerprint density at radius 1 is 0.839 bits per heavy atom. The number of nitrogens with two attached hydrogens (primary N) is 1. The van der Waals surface area contributed by atoms with Crippen LogP contribution in [0.4, 0.5) is 23.0 Å². The van der Waals surface area contributed by atoms with Gasteiger partial charge in [-0.1, -0.05) is 12.1 Å². The Bertz CT molecular complexity index is 986. The van der Waals surface area contributed by atoms with E-state index in [1.807, 2.05) is 36.4 Å². The molecule has 3 aromatic rings. The Kier molecular flexibility index (Phi) is 6.26. The summed E-state index contributed by atoms with van der Waals surface area (Å²) < 4.78 is 10.5. The lowest BCUT2D eigenvalue weighted by atomic mass is 10.2. The smallest absolute Gasteiger partial charge is 0.157 e. The standard InChI is InChI=1S/C23H28N6O2/c1-30-19-7-3-17(4-8-19)15-25-22-21(24)23(27-16-26-22)29-13-11-28(12-14-29)18-5-9-20(31-2)10-6-18/h3-10,16H,11-15,24H2,1-2H3,(H,25,26,27). The van der Waals surface area contributed by atoms with Crippen LogP contribution in [0, 0.1) is 0 Å². The normalized spacial score (nSPS) is 13.7. The van der Waals surface area contributed by atoms with Crippen LogP contribution in [0.25, 0.3) is 0 Å². The number of ether oxygens (including phenoxy) is 2. The van der Waals surface area contributed by atoms with Crippen LogP contribution in [-0.2, 0) is 6.54 Å². The van der Waals surface area contributed by atoms with Gasteiger partial charge in [0.1, 0.15) is 23.5 Å². The Morgan fingerprint density at radius 3 is 2.03 bits per heavy atom. The summed E-state index contributed by atoms with van der Waals surface area (Å²) in [6, 6.07) is 16.1. The van der Waals surface area contributed by atoms with Crippen LogP contribution < -0.4 is 30.3 Å². The molecule has 0 amide bonds. The van der Waals surface area contributed by atoms with Crippen molar-refractivity contribution in [1.82, 2.24) is 9.97 Å². The second-order valence-electron chi connectivity index (χ2n) is 7.33. The average molecular weight is 421 g/mol. The number of rotatable bonds is 7. The van der Waals surface area contributed by atoms with Crippen molar-refractivity contribution in [1.29, 1.82) is 0 Å². The molecule has 2 aromatic carbocycles. The molecule has 2 heterocycles. The molecule has 0 saturated carbocycles. The third kappa shape index (κ3) is 4.74. The molecule has 0 bridgehead atoms. The molecule has 3 N–H and O–H groups in total. The van der Waals surface area contributed by atoms with Gasteiger partial charge in [0.25, 0.3) is 0 Å². The highest BCUT2D eigenvalue weighted by Crippen LogP contribution is 2.28. The number of methoxy groups -OCH3 is 2. The number of nitrogen functional groups attached to an aromatic ring is 1. The number of benzene rings is 2. The summed E-state index contributed by atoms with van der Waals surface area (Å²) in [5.41, 5.74) is 9.31. The predicted octanol–water partition coefficient (Wildman–Crippen LogP) is 3.01. The van der Waals surface area contributed by atoms with E-state index in [2.05, 4.69) is 37.2 Å². The quantitative estimate of drug-likeness (QED) is 0.603. The van der Waals surface area contributed by atoms with Crippen molar-refractivity contribution in [2.24, 2.45) is 0 Å². The lowest BCUT2D eigenvalue weighted by molar-refractivity contribution is 0.414. The fourth-order valence-electron chi connectivity index (χ4n) is 3.68. The fraction of sp³-hybridized carbons (Fsp3) is 0.304. The molecule has 0 spiro atoms. The Hall–Kier alpha value is -3.68. The van der Waals surface area contributed by atoms with Gasteiger partial charge in [-0.15, -0.1) is 0 Å². The molecule has 1 saturated heterocycles. The Morgan fingerprint density at radius 2 is 1.42 bits per heavy atom. The predicted molar refractivity (Wildman–Crippen MR) is 124 cm³/mol. The lowest BCUT2D eigenvalue weighted by Crippen LogP contribution is -2.47. The summed E-state index contributed by atoms with van der Waals surface area (Å²) >= 11 is 0. The van der Waals surface area contributed by atoms with Gasteiger partial charge >= 0.3 is 0 Å². The number of hydrogen-bond donors (Lipinski definition) is 2. The number of anilines is 4. The van der Waals surface area contributed by atoms with Crippen LogP contribution in [0.5, 0.6) is 11.5 Å². The van der Waals surface area contributed by atoms with Crippen LogP contribution in [0.1, 0.15) is 5.56 Å². The molecule has 8 heteroatoms. The first-order valence-corrected chi connectivity index (χ1v) is 10.3. The first-order valence-electron chi connectivity index (χ1n) is 10.3. The highest BCUT2D eigenvalue weighted by atomic mass is 16.5. The first kappa shape index (κ1) is 20.6. The lowest BCUT2D eigenvalue weighted by Gasteiger charge is -2.37. The molecule has 4 rings (SSSR count). The van der Waals surface area contributed by atoms with Crippen molar-refractivity contribution < 1.29 is 9.47 Å². The third-order valence-corrected chi connectivity index (χ3v) is 5.50. The van der Waals surface area contributed by atoms with Gasteiger partial charge in [-0.25, -0.2) is 9.97 Å². The van der Waals surface area contributed by atoms with Crippen molar-refractivity contribution in [3.63, 3.8) is 0 Å². The number of nitrogens with one attached hydrogen (secondary N) is 1. The fourth-order valence-corrected chi connectivity index (χ4v) is 3.68. The molecule has 8 nitrogen and oxygen atoms in total. The van der Waals surface area contributed by atoms with Gasteiger partial charge in [-0.2, -0.15) is 0 Å². The van der Waals surface area contributed by atoms with E-state index in [0.717, 1.165) is 49.1 Å². The molecule has 1 fully saturated rings. The minimum absolute atomic E-state index is 0.578. The molecule has 0 unspecified atom stereocenters. The topological polar surface area (TPSA) is 88.8 Å². The number of hydrogen-bond acceptors (Lipinski definition) is 8. The van der Waals surface area contributed by atoms with Gasteiger partial charge in [-0.05, 0) is 42.0 Å². The maximum atomic E-state index is 6.43. The van der Waals surface area contributed by atoms with E-state index in [4.69, 9.17) is 15.2 Å². The molecular formula is C23H28N6O2. The summed E-state index contributed by atoms with van der Waals surface area (Å²) in [5.74, 6) is 3.13. The number of aromatic nitrogens is 2. The minimum atomic E-state index is 0.578. The summed E-state index contributed by atoms with van der Waals surface area (Å²) in [7, 11) is 3.34. The molecule has 1 aliphatic rings. The Labute approximate surface area is 182 Å². The van der Waals surface area contributed by atoms with Gasteiger partial charge in [0.15, 0.2) is 11.6 Å². The van der Waals surface area contributed by atoms with Crippen molar-refractivity contribution in [3.8, 4) is 11.5 Å². The summed E-state index contributed by atoms with van der Waals surface area (Å²) in [5, 5.41) is 3.33. The summed E-state index contributed by atoms with van der Waals surface area (Å²) in [6.45, 7) is 4.08. The zero-order chi connectivity index (χ0) is 21.6. The van der Waals surface area contributed by atoms with Gasteiger partial charge in [0.2, 0.25) is 0 Å². The molecule has 0 radical (unpaired) electrons. The maximum absolute atomic E-state index is 6.43. The third-order valence-electron chi connectivity index (χ3n) is 5.50. The average Bonchev–Trinajstić information content (AvgIpc) is 2.84. The van der Waals surface area contributed by atoms with E-state index >= 15 is 0 Å². The number of nitrogens with zero attached hydrogens (tertiary/aromatic N) is 4. The molecule has 1 aliphatic heterocycles. The van der Waals surface area contributed by atoms with Crippen LogP contribution in [0.2, 0.25) is 0 Å². The van der Waals surface area contributed by atoms with E-state index in [1.165, 1.54) is 5.69 Å². The largest absolute Gasteiger partial charge is 0.497 e.